The summed E-state index contributed by atoms with van der Waals surface area (Å²) in [4.78, 5) is 0. The first-order valence-corrected chi connectivity index (χ1v) is 3.94. The highest BCUT2D eigenvalue weighted by Gasteiger charge is 2.08. The third-order valence-corrected chi connectivity index (χ3v) is 1.90. The molecule has 0 radical (unpaired) electrons. The molecular formula is C9H10ClF. The van der Waals surface area contributed by atoms with E-state index in [9.17, 15) is 4.39 Å². The Morgan fingerprint density at radius 3 is 2.45 bits per heavy atom. The summed E-state index contributed by atoms with van der Waals surface area (Å²) in [6.07, 6.45) is 0. The van der Waals surface area contributed by atoms with Gasteiger partial charge in [0, 0.05) is 0 Å². The molecule has 2 heteroatoms. The van der Waals surface area contributed by atoms with Crippen LogP contribution < -0.4 is 0 Å². The van der Waals surface area contributed by atoms with Crippen molar-refractivity contribution < 1.29 is 4.39 Å². The van der Waals surface area contributed by atoms with Gasteiger partial charge in [0.15, 0.2) is 0 Å². The second-order valence-corrected chi connectivity index (χ2v) is 3.20. The van der Waals surface area contributed by atoms with E-state index in [1.807, 2.05) is 13.8 Å². The lowest BCUT2D eigenvalue weighted by Crippen LogP contribution is -1.92. The van der Waals surface area contributed by atoms with Crippen molar-refractivity contribution in [3.05, 3.63) is 34.6 Å². The molecule has 1 rings (SSSR count). The molecule has 0 bridgehead atoms. The van der Waals surface area contributed by atoms with Crippen LogP contribution in [-0.2, 0) is 0 Å². The van der Waals surface area contributed by atoms with Gasteiger partial charge in [0.25, 0.3) is 0 Å². The van der Waals surface area contributed by atoms with Gasteiger partial charge in [-0.25, -0.2) is 4.39 Å². The second kappa shape index (κ2) is 3.22. The van der Waals surface area contributed by atoms with E-state index in [0.717, 1.165) is 0 Å². The van der Waals surface area contributed by atoms with Gasteiger partial charge < -0.3 is 0 Å². The van der Waals surface area contributed by atoms with Crippen LogP contribution in [0.1, 0.15) is 25.3 Å². The second-order valence-electron chi connectivity index (χ2n) is 2.80. The number of rotatable bonds is 1. The number of hydrogen-bond donors (Lipinski definition) is 0. The maximum absolute atomic E-state index is 13.1. The fraction of sp³-hybridized carbons (Fsp3) is 0.333. The number of halogens is 2. The molecule has 1 aromatic rings. The van der Waals surface area contributed by atoms with Gasteiger partial charge >= 0.3 is 0 Å². The Bertz CT molecular complexity index is 256. The Labute approximate surface area is 71.0 Å². The Morgan fingerprint density at radius 2 is 2.00 bits per heavy atom. The van der Waals surface area contributed by atoms with Crippen LogP contribution >= 0.6 is 11.6 Å². The first-order valence-electron chi connectivity index (χ1n) is 3.57. The highest BCUT2D eigenvalue weighted by Crippen LogP contribution is 2.23. The molecule has 60 valence electrons. The van der Waals surface area contributed by atoms with Gasteiger partial charge in [-0.3, -0.25) is 0 Å². The number of hydrogen-bond acceptors (Lipinski definition) is 0. The van der Waals surface area contributed by atoms with Crippen LogP contribution in [0.4, 0.5) is 4.39 Å². The Kier molecular flexibility index (Phi) is 2.50. The molecular weight excluding hydrogens is 163 g/mol. The maximum atomic E-state index is 13.1. The van der Waals surface area contributed by atoms with Crippen LogP contribution in [0.2, 0.25) is 5.02 Å². The Hall–Kier alpha value is -0.560. The van der Waals surface area contributed by atoms with Gasteiger partial charge in [-0.1, -0.05) is 37.6 Å². The van der Waals surface area contributed by atoms with E-state index in [0.29, 0.717) is 5.56 Å². The van der Waals surface area contributed by atoms with Gasteiger partial charge in [0.05, 0.1) is 5.02 Å². The molecule has 0 unspecified atom stereocenters. The fourth-order valence-electron chi connectivity index (χ4n) is 0.966. The standard InChI is InChI=1S/C9H10ClF/c1-6(2)7-4-3-5-8(10)9(7)11/h3-6H,1-2H3. The predicted molar refractivity (Wildman–Crippen MR) is 45.5 cm³/mol. The zero-order chi connectivity index (χ0) is 8.43. The smallest absolute Gasteiger partial charge is 0.145 e. The molecule has 0 aromatic heterocycles. The van der Waals surface area contributed by atoms with Gasteiger partial charge in [0.2, 0.25) is 0 Å². The molecule has 0 atom stereocenters. The zero-order valence-corrected chi connectivity index (χ0v) is 7.32. The highest BCUT2D eigenvalue weighted by molar-refractivity contribution is 6.30. The van der Waals surface area contributed by atoms with Gasteiger partial charge in [-0.15, -0.1) is 0 Å². The van der Waals surface area contributed by atoms with Gasteiger partial charge in [-0.2, -0.15) is 0 Å². The molecule has 0 aliphatic heterocycles. The summed E-state index contributed by atoms with van der Waals surface area (Å²) in [6.45, 7) is 3.88. The molecule has 0 spiro atoms. The van der Waals surface area contributed by atoms with Crippen molar-refractivity contribution in [3.63, 3.8) is 0 Å². The Balaban J connectivity index is 3.17. The SMILES string of the molecule is CC(C)c1cccc(Cl)c1F. The van der Waals surface area contributed by atoms with Crippen LogP contribution in [-0.4, -0.2) is 0 Å². The van der Waals surface area contributed by atoms with E-state index in [2.05, 4.69) is 0 Å². The van der Waals surface area contributed by atoms with Crippen molar-refractivity contribution in [3.8, 4) is 0 Å². The molecule has 0 amide bonds. The van der Waals surface area contributed by atoms with E-state index in [4.69, 9.17) is 11.6 Å². The summed E-state index contributed by atoms with van der Waals surface area (Å²) in [5, 5.41) is 0.205. The average molecular weight is 173 g/mol. The first kappa shape index (κ1) is 8.54. The van der Waals surface area contributed by atoms with Crippen molar-refractivity contribution >= 4 is 11.6 Å². The largest absolute Gasteiger partial charge is 0.205 e. The van der Waals surface area contributed by atoms with E-state index in [1.165, 1.54) is 0 Å². The topological polar surface area (TPSA) is 0 Å². The lowest BCUT2D eigenvalue weighted by molar-refractivity contribution is 0.599. The van der Waals surface area contributed by atoms with E-state index >= 15 is 0 Å². The summed E-state index contributed by atoms with van der Waals surface area (Å²) >= 11 is 5.58. The minimum atomic E-state index is -0.288. The van der Waals surface area contributed by atoms with Crippen molar-refractivity contribution in [2.75, 3.05) is 0 Å². The summed E-state index contributed by atoms with van der Waals surface area (Å²) < 4.78 is 13.1. The fourth-order valence-corrected chi connectivity index (χ4v) is 1.15. The molecule has 0 aliphatic rings. The molecule has 0 saturated carbocycles. The monoisotopic (exact) mass is 172 g/mol. The summed E-state index contributed by atoms with van der Waals surface area (Å²) in [5.74, 6) is -0.0992. The van der Waals surface area contributed by atoms with Crippen LogP contribution in [0, 0.1) is 5.82 Å². The summed E-state index contributed by atoms with van der Waals surface area (Å²) in [6, 6.07) is 5.08. The molecule has 1 aromatic carbocycles. The maximum Gasteiger partial charge on any atom is 0.145 e. The van der Waals surface area contributed by atoms with Crippen LogP contribution in [0.3, 0.4) is 0 Å². The normalized spacial score (nSPS) is 10.6. The third kappa shape index (κ3) is 1.72. The Morgan fingerprint density at radius 1 is 1.36 bits per heavy atom. The molecule has 0 N–H and O–H groups in total. The minimum Gasteiger partial charge on any atom is -0.205 e. The molecule has 0 aliphatic carbocycles. The van der Waals surface area contributed by atoms with E-state index in [1.54, 1.807) is 18.2 Å². The van der Waals surface area contributed by atoms with Crippen molar-refractivity contribution in [2.24, 2.45) is 0 Å². The number of benzene rings is 1. The molecule has 0 heterocycles. The van der Waals surface area contributed by atoms with Crippen molar-refractivity contribution in [2.45, 2.75) is 19.8 Å². The van der Waals surface area contributed by atoms with Crippen molar-refractivity contribution in [1.82, 2.24) is 0 Å². The van der Waals surface area contributed by atoms with Crippen molar-refractivity contribution in [1.29, 1.82) is 0 Å². The van der Waals surface area contributed by atoms with E-state index in [-0.39, 0.29) is 16.8 Å². The van der Waals surface area contributed by atoms with Crippen LogP contribution in [0.15, 0.2) is 18.2 Å². The van der Waals surface area contributed by atoms with Crippen LogP contribution in [0.5, 0.6) is 0 Å². The van der Waals surface area contributed by atoms with Gasteiger partial charge in [-0.05, 0) is 17.5 Å². The van der Waals surface area contributed by atoms with Gasteiger partial charge in [0.1, 0.15) is 5.82 Å². The lowest BCUT2D eigenvalue weighted by atomic mass is 10.0. The first-order chi connectivity index (χ1) is 5.13. The minimum absolute atomic E-state index is 0.189. The summed E-state index contributed by atoms with van der Waals surface area (Å²) in [7, 11) is 0. The zero-order valence-electron chi connectivity index (χ0n) is 6.57. The molecule has 0 fully saturated rings. The van der Waals surface area contributed by atoms with Crippen LogP contribution in [0.25, 0.3) is 0 Å². The lowest BCUT2D eigenvalue weighted by Gasteiger charge is -2.06. The summed E-state index contributed by atoms with van der Waals surface area (Å²) in [5.41, 5.74) is 0.678. The van der Waals surface area contributed by atoms with E-state index < -0.39 is 0 Å². The average Bonchev–Trinajstić information content (AvgIpc) is 1.94. The quantitative estimate of drug-likeness (QED) is 0.607. The molecule has 0 nitrogen and oxygen atoms in total. The molecule has 11 heavy (non-hydrogen) atoms. The third-order valence-electron chi connectivity index (χ3n) is 1.60. The highest BCUT2D eigenvalue weighted by atomic mass is 35.5. The molecule has 0 saturated heterocycles. The predicted octanol–water partition coefficient (Wildman–Crippen LogP) is 3.60.